The quantitative estimate of drug-likeness (QED) is 0.570. The summed E-state index contributed by atoms with van der Waals surface area (Å²) in [6.45, 7) is 4.19. The molecule has 0 unspecified atom stereocenters. The van der Waals surface area contributed by atoms with E-state index in [2.05, 4.69) is 24.1 Å². The average molecular weight is 295 g/mol. The molecule has 110 valence electrons. The predicted octanol–water partition coefficient (Wildman–Crippen LogP) is 2.03. The van der Waals surface area contributed by atoms with Gasteiger partial charge in [0, 0.05) is 31.6 Å². The fraction of sp³-hybridized carbons (Fsp3) is 0.533. The number of rotatable bonds is 8. The normalized spacial score (nSPS) is 9.90. The molecule has 20 heavy (non-hydrogen) atoms. The zero-order chi connectivity index (χ0) is 14.6. The van der Waals surface area contributed by atoms with E-state index in [1.807, 2.05) is 0 Å². The minimum Gasteiger partial charge on any atom is -0.395 e. The van der Waals surface area contributed by atoms with Gasteiger partial charge in [0.15, 0.2) is 0 Å². The molecule has 0 aliphatic rings. The van der Waals surface area contributed by atoms with Crippen LogP contribution in [0.3, 0.4) is 0 Å². The van der Waals surface area contributed by atoms with Crippen LogP contribution in [0.15, 0.2) is 11.4 Å². The molecule has 1 aromatic rings. The molecule has 5 heteroatoms. The molecular formula is C15H21NO3S. The van der Waals surface area contributed by atoms with Crippen LogP contribution in [0, 0.1) is 11.8 Å². The van der Waals surface area contributed by atoms with E-state index in [9.17, 15) is 4.79 Å². The van der Waals surface area contributed by atoms with Gasteiger partial charge in [0.25, 0.3) is 5.91 Å². The lowest BCUT2D eigenvalue weighted by molar-refractivity contribution is 0.0942. The van der Waals surface area contributed by atoms with Crippen molar-refractivity contribution in [2.75, 3.05) is 26.4 Å². The highest BCUT2D eigenvalue weighted by atomic mass is 32.1. The van der Waals surface area contributed by atoms with Crippen molar-refractivity contribution in [1.82, 2.24) is 5.32 Å². The molecule has 1 heterocycles. The molecular weight excluding hydrogens is 274 g/mol. The molecule has 0 fully saturated rings. The molecule has 0 aromatic carbocycles. The monoisotopic (exact) mass is 295 g/mol. The summed E-state index contributed by atoms with van der Waals surface area (Å²) >= 11 is 1.44. The largest absolute Gasteiger partial charge is 0.395 e. The fourth-order valence-corrected chi connectivity index (χ4v) is 2.21. The van der Waals surface area contributed by atoms with Gasteiger partial charge in [0.2, 0.25) is 0 Å². The first-order valence-corrected chi connectivity index (χ1v) is 7.70. The number of aliphatic hydroxyl groups is 1. The second-order valence-electron chi connectivity index (χ2n) is 4.20. The highest BCUT2D eigenvalue weighted by Gasteiger charge is 2.06. The average Bonchev–Trinajstić information content (AvgIpc) is 2.92. The minimum absolute atomic E-state index is 0.0613. The van der Waals surface area contributed by atoms with Gasteiger partial charge in [-0.1, -0.05) is 18.8 Å². The predicted molar refractivity (Wildman–Crippen MR) is 81.0 cm³/mol. The van der Waals surface area contributed by atoms with E-state index < -0.39 is 0 Å². The van der Waals surface area contributed by atoms with Crippen LogP contribution in [0.2, 0.25) is 0 Å². The zero-order valence-electron chi connectivity index (χ0n) is 11.8. The molecule has 2 N–H and O–H groups in total. The third-order valence-electron chi connectivity index (χ3n) is 2.41. The molecule has 0 saturated heterocycles. The number of thiophene rings is 1. The summed E-state index contributed by atoms with van der Waals surface area (Å²) in [6, 6.07) is 1.78. The van der Waals surface area contributed by atoms with Crippen LogP contribution in [0.25, 0.3) is 0 Å². The van der Waals surface area contributed by atoms with E-state index in [1.54, 1.807) is 11.4 Å². The molecule has 0 bridgehead atoms. The Morgan fingerprint density at radius 3 is 3.10 bits per heavy atom. The van der Waals surface area contributed by atoms with Gasteiger partial charge in [-0.2, -0.15) is 0 Å². The Morgan fingerprint density at radius 1 is 1.50 bits per heavy atom. The van der Waals surface area contributed by atoms with E-state index in [4.69, 9.17) is 9.84 Å². The first-order valence-electron chi connectivity index (χ1n) is 6.82. The summed E-state index contributed by atoms with van der Waals surface area (Å²) in [7, 11) is 0. The molecule has 0 spiro atoms. The Bertz CT molecular complexity index is 459. The lowest BCUT2D eigenvalue weighted by atomic mass is 10.3. The SMILES string of the molecule is CCCOCCCNC(=O)c1csc(C#CCCO)c1. The summed E-state index contributed by atoms with van der Waals surface area (Å²) in [6.07, 6.45) is 2.29. The number of carbonyl (C=O) groups is 1. The van der Waals surface area contributed by atoms with E-state index in [0.717, 1.165) is 24.3 Å². The van der Waals surface area contributed by atoms with Crippen LogP contribution in [-0.2, 0) is 4.74 Å². The smallest absolute Gasteiger partial charge is 0.252 e. The van der Waals surface area contributed by atoms with Gasteiger partial charge >= 0.3 is 0 Å². The topological polar surface area (TPSA) is 58.6 Å². The van der Waals surface area contributed by atoms with Crippen LogP contribution in [0.4, 0.5) is 0 Å². The van der Waals surface area contributed by atoms with Crippen LogP contribution >= 0.6 is 11.3 Å². The Hall–Kier alpha value is -1.35. The van der Waals surface area contributed by atoms with Crippen LogP contribution in [-0.4, -0.2) is 37.4 Å². The first-order chi connectivity index (χ1) is 9.77. The Kier molecular flexibility index (Phi) is 8.72. The highest BCUT2D eigenvalue weighted by Crippen LogP contribution is 2.13. The van der Waals surface area contributed by atoms with Crippen molar-refractivity contribution >= 4 is 17.2 Å². The Balaban J connectivity index is 2.28. The highest BCUT2D eigenvalue weighted by molar-refractivity contribution is 7.10. The number of hydrogen-bond donors (Lipinski definition) is 2. The fourth-order valence-electron chi connectivity index (χ4n) is 1.45. The summed E-state index contributed by atoms with van der Waals surface area (Å²) in [5.74, 6) is 5.68. The van der Waals surface area contributed by atoms with Crippen molar-refractivity contribution < 1.29 is 14.6 Å². The lowest BCUT2D eigenvalue weighted by Gasteiger charge is -2.04. The van der Waals surface area contributed by atoms with Crippen molar-refractivity contribution in [2.24, 2.45) is 0 Å². The van der Waals surface area contributed by atoms with Crippen LogP contribution in [0.1, 0.15) is 41.4 Å². The van der Waals surface area contributed by atoms with Gasteiger partial charge in [0.05, 0.1) is 17.0 Å². The van der Waals surface area contributed by atoms with Gasteiger partial charge in [-0.05, 0) is 18.9 Å². The van der Waals surface area contributed by atoms with Gasteiger partial charge in [-0.25, -0.2) is 0 Å². The van der Waals surface area contributed by atoms with E-state index >= 15 is 0 Å². The molecule has 0 aliphatic heterocycles. The number of hydrogen-bond acceptors (Lipinski definition) is 4. The van der Waals surface area contributed by atoms with Gasteiger partial charge < -0.3 is 15.2 Å². The van der Waals surface area contributed by atoms with Gasteiger partial charge in [0.1, 0.15) is 0 Å². The van der Waals surface area contributed by atoms with Crippen molar-refractivity contribution in [1.29, 1.82) is 0 Å². The third kappa shape index (κ3) is 6.71. The number of aliphatic hydroxyl groups excluding tert-OH is 1. The molecule has 1 aromatic heterocycles. The van der Waals surface area contributed by atoms with E-state index in [1.165, 1.54) is 11.3 Å². The maximum absolute atomic E-state index is 11.8. The summed E-state index contributed by atoms with van der Waals surface area (Å²) in [4.78, 5) is 12.7. The molecule has 0 saturated carbocycles. The summed E-state index contributed by atoms with van der Waals surface area (Å²) in [5.41, 5.74) is 0.637. The van der Waals surface area contributed by atoms with Gasteiger partial charge in [-0.15, -0.1) is 11.3 Å². The maximum atomic E-state index is 11.8. The Labute approximate surface area is 124 Å². The lowest BCUT2D eigenvalue weighted by Crippen LogP contribution is -2.24. The van der Waals surface area contributed by atoms with Crippen molar-refractivity contribution in [3.8, 4) is 11.8 Å². The Morgan fingerprint density at radius 2 is 2.35 bits per heavy atom. The molecule has 1 amide bonds. The third-order valence-corrected chi connectivity index (χ3v) is 3.26. The summed E-state index contributed by atoms with van der Waals surface area (Å²) in [5, 5.41) is 13.3. The van der Waals surface area contributed by atoms with E-state index in [-0.39, 0.29) is 12.5 Å². The molecule has 0 atom stereocenters. The maximum Gasteiger partial charge on any atom is 0.252 e. The van der Waals surface area contributed by atoms with E-state index in [0.29, 0.717) is 25.1 Å². The molecule has 0 aliphatic carbocycles. The number of carbonyl (C=O) groups excluding carboxylic acids is 1. The second-order valence-corrected chi connectivity index (χ2v) is 5.11. The number of nitrogens with one attached hydrogen (secondary N) is 1. The number of ether oxygens (including phenoxy) is 1. The molecule has 4 nitrogen and oxygen atoms in total. The second kappa shape index (κ2) is 10.4. The van der Waals surface area contributed by atoms with Crippen LogP contribution in [0.5, 0.6) is 0 Å². The van der Waals surface area contributed by atoms with Crippen molar-refractivity contribution in [3.05, 3.63) is 21.9 Å². The summed E-state index contributed by atoms with van der Waals surface area (Å²) < 4.78 is 5.34. The molecule has 1 rings (SSSR count). The first kappa shape index (κ1) is 16.7. The molecule has 0 radical (unpaired) electrons. The number of amides is 1. The standard InChI is InChI=1S/C15H21NO3S/c1-2-9-19-10-5-7-16-15(18)13-11-14(20-12-13)6-3-4-8-17/h11-12,17H,2,4-5,7-10H2,1H3,(H,16,18). The van der Waals surface area contributed by atoms with Crippen LogP contribution < -0.4 is 5.32 Å². The minimum atomic E-state index is -0.0769. The van der Waals surface area contributed by atoms with Crippen molar-refractivity contribution in [3.63, 3.8) is 0 Å². The van der Waals surface area contributed by atoms with Crippen molar-refractivity contribution in [2.45, 2.75) is 26.2 Å². The zero-order valence-corrected chi connectivity index (χ0v) is 12.6. The van der Waals surface area contributed by atoms with Gasteiger partial charge in [-0.3, -0.25) is 4.79 Å².